The molecule has 0 bridgehead atoms. The third kappa shape index (κ3) is 3.75. The summed E-state index contributed by atoms with van der Waals surface area (Å²) in [7, 11) is 0. The van der Waals surface area contributed by atoms with Gasteiger partial charge in [-0.05, 0) is 59.7 Å². The molecule has 2 atom stereocenters. The smallest absolute Gasteiger partial charge is 0.137 e. The van der Waals surface area contributed by atoms with E-state index in [0.717, 1.165) is 66.2 Å². The molecule has 220 valence electrons. The molecule has 47 heavy (non-hydrogen) atoms. The lowest BCUT2D eigenvalue weighted by atomic mass is 9.91. The van der Waals surface area contributed by atoms with E-state index in [9.17, 15) is 5.26 Å². The molecule has 10 rings (SSSR count). The minimum absolute atomic E-state index is 0.181. The van der Waals surface area contributed by atoms with Gasteiger partial charge in [0.1, 0.15) is 11.2 Å². The average Bonchev–Trinajstić information content (AvgIpc) is 3.77. The highest BCUT2D eigenvalue weighted by Crippen LogP contribution is 2.50. The van der Waals surface area contributed by atoms with E-state index in [-0.39, 0.29) is 12.0 Å². The highest BCUT2D eigenvalue weighted by molar-refractivity contribution is 6.17. The molecule has 8 aromatic rings. The van der Waals surface area contributed by atoms with Crippen molar-refractivity contribution in [2.45, 2.75) is 12.0 Å². The monoisotopic (exact) mass is 601 g/mol. The molecule has 0 saturated carbocycles. The van der Waals surface area contributed by atoms with Gasteiger partial charge >= 0.3 is 0 Å². The first-order valence-electron chi connectivity index (χ1n) is 16.0. The van der Waals surface area contributed by atoms with E-state index in [1.807, 2.05) is 24.3 Å². The second-order valence-electron chi connectivity index (χ2n) is 12.4. The van der Waals surface area contributed by atoms with Gasteiger partial charge in [-0.1, -0.05) is 97.1 Å². The van der Waals surface area contributed by atoms with E-state index in [1.165, 1.54) is 11.3 Å². The predicted octanol–water partition coefficient (Wildman–Crippen LogP) is 11.0. The molecule has 0 N–H and O–H groups in total. The van der Waals surface area contributed by atoms with Crippen LogP contribution in [0.4, 0.5) is 11.4 Å². The van der Waals surface area contributed by atoms with E-state index < -0.39 is 0 Å². The summed E-state index contributed by atoms with van der Waals surface area (Å²) in [5, 5.41) is 14.9. The molecule has 0 spiro atoms. The fourth-order valence-electron chi connectivity index (χ4n) is 7.92. The van der Waals surface area contributed by atoms with Crippen LogP contribution in [0.15, 0.2) is 156 Å². The standard InChI is InChI=1S/C43H27N3O/c44-26-27-21-28(30-11-1-6-16-37(30)46-39-18-8-2-12-31(39)32-13-3-9-19-40(32)46)23-29(22-27)45-38-17-7-4-14-33(38)35-24-36-34-15-5-10-20-42(34)47-43(36)25-41(35)45/h1-25,31,39H. The van der Waals surface area contributed by atoms with Gasteiger partial charge in [-0.2, -0.15) is 5.26 Å². The first-order valence-corrected chi connectivity index (χ1v) is 16.0. The van der Waals surface area contributed by atoms with Crippen molar-refractivity contribution in [1.82, 2.24) is 4.57 Å². The molecular formula is C43H27N3O. The zero-order valence-electron chi connectivity index (χ0n) is 25.3. The van der Waals surface area contributed by atoms with Crippen LogP contribution in [-0.4, -0.2) is 10.6 Å². The van der Waals surface area contributed by atoms with Crippen LogP contribution in [0.3, 0.4) is 0 Å². The number of furan rings is 1. The Morgan fingerprint density at radius 2 is 1.36 bits per heavy atom. The van der Waals surface area contributed by atoms with Gasteiger partial charge in [0, 0.05) is 56.2 Å². The number of hydrogen-bond acceptors (Lipinski definition) is 3. The third-order valence-electron chi connectivity index (χ3n) is 9.91. The van der Waals surface area contributed by atoms with Crippen LogP contribution in [0.1, 0.15) is 17.0 Å². The Bertz CT molecular complexity index is 2680. The maximum absolute atomic E-state index is 10.3. The Hall–Kier alpha value is -6.31. The molecule has 6 aromatic carbocycles. The molecule has 0 saturated heterocycles. The van der Waals surface area contributed by atoms with Crippen LogP contribution < -0.4 is 4.90 Å². The SMILES string of the molecule is N#Cc1cc(-c2ccccc2N2c3ccccc3C3C=CC=CC32)cc(-n2c3ccccc3c3cc4c(cc32)oc2ccccc24)c1. The summed E-state index contributed by atoms with van der Waals surface area (Å²) < 4.78 is 8.63. The predicted molar refractivity (Wildman–Crippen MR) is 192 cm³/mol. The van der Waals surface area contributed by atoms with E-state index in [1.54, 1.807) is 0 Å². The Morgan fingerprint density at radius 1 is 0.596 bits per heavy atom. The Morgan fingerprint density at radius 3 is 2.28 bits per heavy atom. The van der Waals surface area contributed by atoms with Crippen LogP contribution in [0, 0.1) is 11.3 Å². The number of aromatic nitrogens is 1. The zero-order valence-corrected chi connectivity index (χ0v) is 25.3. The van der Waals surface area contributed by atoms with Crippen molar-refractivity contribution in [1.29, 1.82) is 5.26 Å². The Labute approximate surface area is 271 Å². The van der Waals surface area contributed by atoms with E-state index in [2.05, 4.69) is 143 Å². The highest BCUT2D eigenvalue weighted by Gasteiger charge is 2.37. The quantitative estimate of drug-likeness (QED) is 0.202. The molecule has 0 amide bonds. The fourth-order valence-corrected chi connectivity index (χ4v) is 7.92. The summed E-state index contributed by atoms with van der Waals surface area (Å²) >= 11 is 0. The lowest BCUT2D eigenvalue weighted by Crippen LogP contribution is -2.28. The lowest BCUT2D eigenvalue weighted by molar-refractivity contribution is 0.669. The molecule has 4 nitrogen and oxygen atoms in total. The summed E-state index contributed by atoms with van der Waals surface area (Å²) in [6.45, 7) is 0. The van der Waals surface area contributed by atoms with E-state index in [0.29, 0.717) is 5.56 Å². The highest BCUT2D eigenvalue weighted by atomic mass is 16.3. The second-order valence-corrected chi connectivity index (χ2v) is 12.4. The first-order chi connectivity index (χ1) is 23.3. The molecule has 0 radical (unpaired) electrons. The number of nitrogens with zero attached hydrogens (tertiary/aromatic N) is 3. The Balaban J connectivity index is 1.21. The van der Waals surface area contributed by atoms with Crippen LogP contribution in [0.2, 0.25) is 0 Å². The fraction of sp³-hybridized carbons (Fsp3) is 0.0465. The summed E-state index contributed by atoms with van der Waals surface area (Å²) in [4.78, 5) is 2.47. The Kier molecular flexibility index (Phi) is 5.44. The van der Waals surface area contributed by atoms with Gasteiger partial charge in [0.05, 0.1) is 28.7 Å². The molecule has 2 aliphatic rings. The van der Waals surface area contributed by atoms with Crippen molar-refractivity contribution in [3.05, 3.63) is 163 Å². The zero-order chi connectivity index (χ0) is 31.1. The number of allylic oxidation sites excluding steroid dienone is 2. The largest absolute Gasteiger partial charge is 0.456 e. The molecule has 3 heterocycles. The number of fused-ring (bicyclic) bond motifs is 9. The van der Waals surface area contributed by atoms with Crippen LogP contribution >= 0.6 is 0 Å². The summed E-state index contributed by atoms with van der Waals surface area (Å²) in [5.41, 5.74) is 11.2. The number of rotatable bonds is 3. The minimum atomic E-state index is 0.181. The summed E-state index contributed by atoms with van der Waals surface area (Å²) in [6.07, 6.45) is 8.91. The number of para-hydroxylation sites is 4. The van der Waals surface area contributed by atoms with Crippen molar-refractivity contribution in [2.24, 2.45) is 0 Å². The average molecular weight is 602 g/mol. The number of anilines is 2. The molecule has 2 aromatic heterocycles. The number of nitriles is 1. The van der Waals surface area contributed by atoms with Gasteiger partial charge in [0.2, 0.25) is 0 Å². The van der Waals surface area contributed by atoms with E-state index in [4.69, 9.17) is 4.42 Å². The molecule has 1 aliphatic carbocycles. The van der Waals surface area contributed by atoms with Crippen molar-refractivity contribution in [3.63, 3.8) is 0 Å². The van der Waals surface area contributed by atoms with Gasteiger partial charge in [-0.15, -0.1) is 0 Å². The molecular weight excluding hydrogens is 574 g/mol. The van der Waals surface area contributed by atoms with Crippen LogP contribution in [0.25, 0.3) is 60.6 Å². The van der Waals surface area contributed by atoms with Gasteiger partial charge in [0.25, 0.3) is 0 Å². The first kappa shape index (κ1) is 26.0. The lowest BCUT2D eigenvalue weighted by Gasteiger charge is -2.30. The number of hydrogen-bond donors (Lipinski definition) is 0. The van der Waals surface area contributed by atoms with Gasteiger partial charge in [-0.25, -0.2) is 0 Å². The minimum Gasteiger partial charge on any atom is -0.456 e. The van der Waals surface area contributed by atoms with Crippen LogP contribution in [-0.2, 0) is 0 Å². The number of benzene rings is 6. The van der Waals surface area contributed by atoms with Gasteiger partial charge in [0.15, 0.2) is 0 Å². The maximum Gasteiger partial charge on any atom is 0.137 e. The molecule has 4 heteroatoms. The summed E-state index contributed by atoms with van der Waals surface area (Å²) in [6, 6.07) is 47.3. The summed E-state index contributed by atoms with van der Waals surface area (Å²) in [5.74, 6) is 0.290. The normalized spacial score (nSPS) is 16.7. The van der Waals surface area contributed by atoms with Crippen molar-refractivity contribution in [3.8, 4) is 22.9 Å². The van der Waals surface area contributed by atoms with Crippen molar-refractivity contribution in [2.75, 3.05) is 4.90 Å². The van der Waals surface area contributed by atoms with Crippen molar-refractivity contribution < 1.29 is 4.42 Å². The van der Waals surface area contributed by atoms with Crippen LogP contribution in [0.5, 0.6) is 0 Å². The second kappa shape index (κ2) is 9.84. The van der Waals surface area contributed by atoms with Gasteiger partial charge < -0.3 is 13.9 Å². The van der Waals surface area contributed by atoms with Crippen molar-refractivity contribution >= 4 is 55.1 Å². The van der Waals surface area contributed by atoms with E-state index >= 15 is 0 Å². The topological polar surface area (TPSA) is 45.1 Å². The molecule has 0 fully saturated rings. The van der Waals surface area contributed by atoms with Gasteiger partial charge in [-0.3, -0.25) is 0 Å². The molecule has 2 unspecified atom stereocenters. The maximum atomic E-state index is 10.3. The third-order valence-corrected chi connectivity index (χ3v) is 9.91. The molecule has 1 aliphatic heterocycles.